The third-order valence-electron chi connectivity index (χ3n) is 8.41. The summed E-state index contributed by atoms with van der Waals surface area (Å²) in [6.45, 7) is 6.74. The van der Waals surface area contributed by atoms with Gasteiger partial charge in [0.2, 0.25) is 5.91 Å². The van der Waals surface area contributed by atoms with Crippen molar-refractivity contribution in [2.24, 2.45) is 11.7 Å². The van der Waals surface area contributed by atoms with Crippen LogP contribution in [0.4, 0.5) is 5.00 Å². The van der Waals surface area contributed by atoms with E-state index in [1.807, 2.05) is 6.07 Å². The monoisotopic (exact) mass is 542 g/mol. The van der Waals surface area contributed by atoms with Crippen molar-refractivity contribution >= 4 is 32.8 Å². The molecule has 1 amide bonds. The summed E-state index contributed by atoms with van der Waals surface area (Å²) < 4.78 is 20.7. The van der Waals surface area contributed by atoms with Crippen LogP contribution in [0.5, 0.6) is 0 Å². The molecule has 2 aliphatic heterocycles. The van der Waals surface area contributed by atoms with Crippen molar-refractivity contribution in [3.8, 4) is 6.07 Å². The summed E-state index contributed by atoms with van der Waals surface area (Å²) in [5.41, 5.74) is 9.19. The Morgan fingerprint density at radius 3 is 2.76 bits per heavy atom. The van der Waals surface area contributed by atoms with Crippen molar-refractivity contribution in [1.29, 1.82) is 5.26 Å². The lowest BCUT2D eigenvalue weighted by Crippen LogP contribution is -2.50. The number of nitriles is 1. The van der Waals surface area contributed by atoms with Crippen molar-refractivity contribution in [3.63, 3.8) is 0 Å². The molecule has 0 spiro atoms. The molecule has 2 aromatic rings. The number of nitrogens with one attached hydrogen (secondary N) is 1. The molecule has 9 heteroatoms. The molecule has 1 unspecified atom stereocenters. The number of nitrogens with zero attached hydrogens (tertiary/aromatic N) is 2. The summed E-state index contributed by atoms with van der Waals surface area (Å²) in [6.07, 6.45) is 7.60. The summed E-state index contributed by atoms with van der Waals surface area (Å²) in [4.78, 5) is 17.3. The van der Waals surface area contributed by atoms with Crippen molar-refractivity contribution in [2.45, 2.75) is 81.7 Å². The average Bonchev–Trinajstić information content (AvgIpc) is 3.31. The van der Waals surface area contributed by atoms with Crippen LogP contribution >= 0.6 is 21.9 Å². The summed E-state index contributed by atoms with van der Waals surface area (Å²) in [7, 11) is -2.81. The first-order valence-electron chi connectivity index (χ1n) is 13.3. The third kappa shape index (κ3) is 5.33. The molecule has 200 valence electrons. The Balaban J connectivity index is 1.31. The Morgan fingerprint density at radius 2 is 2.05 bits per heavy atom. The molecular weight excluding hydrogens is 504 g/mol. The molecule has 1 saturated carbocycles. The highest BCUT2D eigenvalue weighted by molar-refractivity contribution is 8.24. The number of carbonyl (C=O) groups excluding carboxylic acids is 1. The van der Waals surface area contributed by atoms with E-state index in [1.165, 1.54) is 48.3 Å². The maximum atomic E-state index is 13.1. The van der Waals surface area contributed by atoms with E-state index < -0.39 is 10.6 Å². The topological polar surface area (TPSA) is 123 Å². The van der Waals surface area contributed by atoms with E-state index in [0.29, 0.717) is 22.0 Å². The molecule has 7 nitrogen and oxygen atoms in total. The molecule has 1 fully saturated rings. The first-order valence-corrected chi connectivity index (χ1v) is 15.8. The minimum Gasteiger partial charge on any atom is -0.330 e. The third-order valence-corrected chi connectivity index (χ3v) is 11.5. The van der Waals surface area contributed by atoms with Crippen LogP contribution < -0.4 is 11.1 Å². The smallest absolute Gasteiger partial charge is 0.229 e. The van der Waals surface area contributed by atoms with Gasteiger partial charge in [0, 0.05) is 48.0 Å². The minimum absolute atomic E-state index is 0.0177. The van der Waals surface area contributed by atoms with Gasteiger partial charge in [-0.2, -0.15) is 15.9 Å². The van der Waals surface area contributed by atoms with Gasteiger partial charge in [-0.15, -0.1) is 11.3 Å². The summed E-state index contributed by atoms with van der Waals surface area (Å²) in [5.74, 6) is 0.682. The van der Waals surface area contributed by atoms with Crippen LogP contribution in [0.25, 0.3) is 0 Å². The first-order chi connectivity index (χ1) is 17.6. The quantitative estimate of drug-likeness (QED) is 0.372. The number of rotatable bonds is 6. The van der Waals surface area contributed by atoms with Crippen LogP contribution in [0.15, 0.2) is 23.1 Å². The number of nitrogens with two attached hydrogens (primary N) is 1. The van der Waals surface area contributed by atoms with E-state index in [-0.39, 0.29) is 29.5 Å². The molecule has 37 heavy (non-hydrogen) atoms. The Labute approximate surface area is 225 Å². The number of amides is 1. The fraction of sp³-hybridized carbons (Fsp3) is 0.571. The molecule has 3 heterocycles. The van der Waals surface area contributed by atoms with Crippen LogP contribution in [-0.2, 0) is 24.2 Å². The highest BCUT2D eigenvalue weighted by Gasteiger charge is 2.38. The molecule has 0 saturated heterocycles. The van der Waals surface area contributed by atoms with Crippen LogP contribution in [0.2, 0.25) is 0 Å². The van der Waals surface area contributed by atoms with E-state index in [9.17, 15) is 19.2 Å². The number of carbonyl (C=O) groups is 1. The zero-order valence-electron chi connectivity index (χ0n) is 21.8. The maximum Gasteiger partial charge on any atom is 0.229 e. The Kier molecular flexibility index (Phi) is 7.44. The van der Waals surface area contributed by atoms with E-state index in [2.05, 4.69) is 30.1 Å². The lowest BCUT2D eigenvalue weighted by molar-refractivity contribution is -0.115. The fourth-order valence-electron chi connectivity index (χ4n) is 6.27. The van der Waals surface area contributed by atoms with Gasteiger partial charge < -0.3 is 11.1 Å². The van der Waals surface area contributed by atoms with Gasteiger partial charge in [-0.3, -0.25) is 18.8 Å². The molecule has 5 N–H and O–H groups in total. The van der Waals surface area contributed by atoms with E-state index in [0.717, 1.165) is 42.1 Å². The molecular formula is C28H38N4O3S2. The number of benzene rings is 1. The van der Waals surface area contributed by atoms with Gasteiger partial charge in [-0.05, 0) is 49.8 Å². The van der Waals surface area contributed by atoms with Gasteiger partial charge >= 0.3 is 0 Å². The highest BCUT2D eigenvalue weighted by atomic mass is 32.3. The Hall–Kier alpha value is -1.93. The standard InChI is InChI=1S/C28H38N4O3S2/c1-28(2)12-24-23(16-32(28)15-18-6-4-3-5-7-18)22(14-30)27(36-24)31-26(33)11-19-8-9-25-21(10-19)20(13-29)17-37(25,34)35/h8-10,18,20,34-35H,3-7,11-13,15-17,29H2,1-2H3,(H,31,33). The summed E-state index contributed by atoms with van der Waals surface area (Å²) in [6, 6.07) is 7.76. The van der Waals surface area contributed by atoms with Crippen LogP contribution in [0.1, 0.15) is 79.0 Å². The normalized spacial score (nSPS) is 23.6. The summed E-state index contributed by atoms with van der Waals surface area (Å²) >= 11 is 1.54. The van der Waals surface area contributed by atoms with Crippen molar-refractivity contribution < 1.29 is 13.9 Å². The maximum absolute atomic E-state index is 13.1. The number of anilines is 1. The number of hydrogen-bond donors (Lipinski definition) is 4. The largest absolute Gasteiger partial charge is 0.330 e. The predicted molar refractivity (Wildman–Crippen MR) is 150 cm³/mol. The fourth-order valence-corrected chi connectivity index (χ4v) is 9.61. The SMILES string of the molecule is CC1(C)Cc2sc(NC(=O)Cc3ccc4c(c3)C(CN)CS4(O)O)c(C#N)c2CN1CC1CCCCC1. The van der Waals surface area contributed by atoms with Gasteiger partial charge in [0.1, 0.15) is 11.1 Å². The number of hydrogen-bond acceptors (Lipinski definition) is 7. The van der Waals surface area contributed by atoms with Crippen LogP contribution in [-0.4, -0.2) is 44.3 Å². The Morgan fingerprint density at radius 1 is 1.30 bits per heavy atom. The average molecular weight is 543 g/mol. The zero-order valence-corrected chi connectivity index (χ0v) is 23.4. The van der Waals surface area contributed by atoms with Crippen molar-refractivity contribution in [2.75, 3.05) is 24.2 Å². The van der Waals surface area contributed by atoms with Gasteiger partial charge in [0.25, 0.3) is 0 Å². The van der Waals surface area contributed by atoms with Crippen LogP contribution in [0.3, 0.4) is 0 Å². The van der Waals surface area contributed by atoms with Crippen LogP contribution in [0, 0.1) is 17.2 Å². The molecule has 1 aromatic carbocycles. The Bertz CT molecular complexity index is 1230. The highest BCUT2D eigenvalue weighted by Crippen LogP contribution is 2.59. The number of fused-ring (bicyclic) bond motifs is 2. The van der Waals surface area contributed by atoms with E-state index in [1.54, 1.807) is 12.1 Å². The lowest BCUT2D eigenvalue weighted by Gasteiger charge is -2.44. The van der Waals surface area contributed by atoms with Gasteiger partial charge in [-0.1, -0.05) is 31.4 Å². The molecule has 0 radical (unpaired) electrons. The second-order valence-electron chi connectivity index (χ2n) is 11.6. The number of thiophene rings is 1. The van der Waals surface area contributed by atoms with Gasteiger partial charge in [0.05, 0.1) is 22.6 Å². The first kappa shape index (κ1) is 26.7. The second-order valence-corrected chi connectivity index (χ2v) is 14.8. The molecule has 3 aliphatic rings. The van der Waals surface area contributed by atoms with Gasteiger partial charge in [-0.25, -0.2) is 0 Å². The predicted octanol–water partition coefficient (Wildman–Crippen LogP) is 5.68. The molecule has 1 aliphatic carbocycles. The van der Waals surface area contributed by atoms with Crippen molar-refractivity contribution in [3.05, 3.63) is 45.3 Å². The van der Waals surface area contributed by atoms with E-state index >= 15 is 0 Å². The second kappa shape index (κ2) is 10.3. The minimum atomic E-state index is -2.81. The van der Waals surface area contributed by atoms with Gasteiger partial charge in [0.15, 0.2) is 0 Å². The van der Waals surface area contributed by atoms with Crippen molar-refractivity contribution in [1.82, 2.24) is 4.90 Å². The molecule has 1 aromatic heterocycles. The molecule has 5 rings (SSSR count). The molecule has 0 bridgehead atoms. The molecule has 1 atom stereocenters. The zero-order chi connectivity index (χ0) is 26.4. The summed E-state index contributed by atoms with van der Waals surface area (Å²) in [5, 5.41) is 13.7. The van der Waals surface area contributed by atoms with E-state index in [4.69, 9.17) is 5.73 Å². The lowest BCUT2D eigenvalue weighted by atomic mass is 9.84.